The zero-order valence-corrected chi connectivity index (χ0v) is 16.1. The van der Waals surface area contributed by atoms with E-state index in [1.807, 2.05) is 23.1 Å². The first kappa shape index (κ1) is 17.8. The third-order valence-electron chi connectivity index (χ3n) is 4.48. The highest BCUT2D eigenvalue weighted by Crippen LogP contribution is 2.36. The Kier molecular flexibility index (Phi) is 4.71. The predicted molar refractivity (Wildman–Crippen MR) is 105 cm³/mol. The van der Waals surface area contributed by atoms with E-state index in [0.717, 1.165) is 16.4 Å². The lowest BCUT2D eigenvalue weighted by Gasteiger charge is -2.26. The summed E-state index contributed by atoms with van der Waals surface area (Å²) in [6, 6.07) is 13.3. The molecule has 4 nitrogen and oxygen atoms in total. The minimum atomic E-state index is -3.08. The van der Waals surface area contributed by atoms with Gasteiger partial charge in [0.1, 0.15) is 5.82 Å². The van der Waals surface area contributed by atoms with Gasteiger partial charge in [-0.25, -0.2) is 12.8 Å². The second-order valence-electron chi connectivity index (χ2n) is 6.39. The van der Waals surface area contributed by atoms with Gasteiger partial charge in [0, 0.05) is 16.5 Å². The van der Waals surface area contributed by atoms with Crippen LogP contribution in [0.4, 0.5) is 10.1 Å². The van der Waals surface area contributed by atoms with E-state index < -0.39 is 9.84 Å². The molecule has 8 heteroatoms. The Labute approximate surface area is 161 Å². The Morgan fingerprint density at radius 1 is 1.19 bits per heavy atom. The molecular weight excluding hydrogens is 395 g/mol. The largest absolute Gasteiger partial charge is 0.315 e. The van der Waals surface area contributed by atoms with Crippen LogP contribution in [0.1, 0.15) is 5.56 Å². The van der Waals surface area contributed by atoms with Crippen LogP contribution in [0.2, 0.25) is 5.02 Å². The van der Waals surface area contributed by atoms with E-state index in [-0.39, 0.29) is 29.4 Å². The number of hydrogen-bond donors (Lipinski definition) is 0. The second-order valence-corrected chi connectivity index (χ2v) is 9.92. The molecule has 2 aromatic rings. The third-order valence-corrected chi connectivity index (χ3v) is 7.45. The number of benzene rings is 2. The van der Waals surface area contributed by atoms with Gasteiger partial charge in [-0.2, -0.15) is 0 Å². The van der Waals surface area contributed by atoms with Crippen molar-refractivity contribution in [3.8, 4) is 0 Å². The molecule has 2 heterocycles. The molecule has 0 N–H and O–H groups in total. The van der Waals surface area contributed by atoms with Crippen molar-refractivity contribution in [2.45, 2.75) is 17.8 Å². The molecule has 0 saturated carbocycles. The fourth-order valence-electron chi connectivity index (χ4n) is 3.29. The molecule has 2 aliphatic heterocycles. The van der Waals surface area contributed by atoms with Crippen LogP contribution in [0.25, 0.3) is 0 Å². The Bertz CT molecular complexity index is 963. The molecule has 2 aliphatic rings. The van der Waals surface area contributed by atoms with Crippen LogP contribution in [-0.2, 0) is 15.6 Å². The van der Waals surface area contributed by atoms with Gasteiger partial charge in [0.25, 0.3) is 0 Å². The van der Waals surface area contributed by atoms with E-state index in [4.69, 9.17) is 11.6 Å². The number of hydrogen-bond acceptors (Lipinski definition) is 5. The van der Waals surface area contributed by atoms with E-state index in [1.54, 1.807) is 18.2 Å². The Hall–Kier alpha value is -1.57. The monoisotopic (exact) mass is 410 g/mol. The number of aliphatic imine (C=N–C) groups is 1. The summed E-state index contributed by atoms with van der Waals surface area (Å²) in [5.74, 6) is 0.531. The lowest BCUT2D eigenvalue weighted by Crippen LogP contribution is -2.39. The van der Waals surface area contributed by atoms with Gasteiger partial charge in [-0.05, 0) is 35.9 Å². The molecule has 2 atom stereocenters. The number of halogens is 2. The molecular formula is C18H16ClFN2O2S2. The van der Waals surface area contributed by atoms with Gasteiger partial charge in [0.2, 0.25) is 0 Å². The molecule has 0 unspecified atom stereocenters. The number of amidine groups is 1. The first-order valence-corrected chi connectivity index (χ1v) is 11.3. The summed E-state index contributed by atoms with van der Waals surface area (Å²) in [5.41, 5.74) is 1.82. The van der Waals surface area contributed by atoms with Crippen molar-refractivity contribution in [1.29, 1.82) is 0 Å². The highest BCUT2D eigenvalue weighted by molar-refractivity contribution is 8.13. The van der Waals surface area contributed by atoms with Crippen molar-refractivity contribution in [2.75, 3.05) is 16.4 Å². The van der Waals surface area contributed by atoms with Gasteiger partial charge >= 0.3 is 0 Å². The molecule has 1 fully saturated rings. The number of sulfone groups is 1. The lowest BCUT2D eigenvalue weighted by molar-refractivity contribution is 0.601. The number of fused-ring (bicyclic) bond motifs is 1. The van der Waals surface area contributed by atoms with Crippen LogP contribution in [0.3, 0.4) is 0 Å². The molecule has 2 aromatic carbocycles. The smallest absolute Gasteiger partial charge is 0.164 e. The van der Waals surface area contributed by atoms with E-state index >= 15 is 0 Å². The maximum absolute atomic E-state index is 13.1. The zero-order chi connectivity index (χ0) is 18.3. The van der Waals surface area contributed by atoms with Crippen molar-refractivity contribution in [3.05, 3.63) is 64.9 Å². The van der Waals surface area contributed by atoms with E-state index in [1.165, 1.54) is 23.9 Å². The fourth-order valence-corrected chi connectivity index (χ4v) is 6.40. The number of rotatable bonds is 3. The van der Waals surface area contributed by atoms with Crippen molar-refractivity contribution in [2.24, 2.45) is 4.99 Å². The number of thioether (sulfide) groups is 1. The molecule has 4 rings (SSSR count). The Morgan fingerprint density at radius 3 is 2.69 bits per heavy atom. The number of nitrogens with zero attached hydrogens (tertiary/aromatic N) is 2. The van der Waals surface area contributed by atoms with Gasteiger partial charge in [-0.3, -0.25) is 4.99 Å². The summed E-state index contributed by atoms with van der Waals surface area (Å²) in [5, 5.41) is 1.37. The Balaban J connectivity index is 1.61. The molecule has 1 saturated heterocycles. The molecule has 0 amide bonds. The normalized spacial score (nSPS) is 23.8. The van der Waals surface area contributed by atoms with Crippen LogP contribution < -0.4 is 4.90 Å². The molecule has 0 aliphatic carbocycles. The SMILES string of the molecule is O=S1(=O)C[C@@H]2N=C(SCc3ccc(F)cc3)N(c3cccc(Cl)c3)[C@@H]2C1. The van der Waals surface area contributed by atoms with Crippen LogP contribution in [0.15, 0.2) is 53.5 Å². The number of anilines is 1. The molecule has 0 bridgehead atoms. The minimum absolute atomic E-state index is 0.0787. The molecule has 0 radical (unpaired) electrons. The highest BCUT2D eigenvalue weighted by Gasteiger charge is 2.47. The van der Waals surface area contributed by atoms with Gasteiger partial charge < -0.3 is 4.90 Å². The predicted octanol–water partition coefficient (Wildman–Crippen LogP) is 3.75. The summed E-state index contributed by atoms with van der Waals surface area (Å²) >= 11 is 7.65. The fraction of sp³-hybridized carbons (Fsp3) is 0.278. The molecule has 0 spiro atoms. The first-order chi connectivity index (χ1) is 12.4. The summed E-state index contributed by atoms with van der Waals surface area (Å²) in [4.78, 5) is 6.66. The average molecular weight is 411 g/mol. The van der Waals surface area contributed by atoms with Crippen LogP contribution in [-0.4, -0.2) is 37.2 Å². The van der Waals surface area contributed by atoms with Gasteiger partial charge in [-0.15, -0.1) is 0 Å². The molecule has 26 heavy (non-hydrogen) atoms. The quantitative estimate of drug-likeness (QED) is 0.773. The average Bonchev–Trinajstić information content (AvgIpc) is 3.05. The topological polar surface area (TPSA) is 49.7 Å². The van der Waals surface area contributed by atoms with Gasteiger partial charge in [-0.1, -0.05) is 41.6 Å². The first-order valence-electron chi connectivity index (χ1n) is 8.11. The maximum Gasteiger partial charge on any atom is 0.164 e. The van der Waals surface area contributed by atoms with Crippen LogP contribution >= 0.6 is 23.4 Å². The van der Waals surface area contributed by atoms with Gasteiger partial charge in [0.05, 0.1) is 23.6 Å². The second kappa shape index (κ2) is 6.87. The summed E-state index contributed by atoms with van der Waals surface area (Å²) in [7, 11) is -3.08. The third kappa shape index (κ3) is 3.61. The van der Waals surface area contributed by atoms with E-state index in [2.05, 4.69) is 4.99 Å². The minimum Gasteiger partial charge on any atom is -0.315 e. The Morgan fingerprint density at radius 2 is 1.96 bits per heavy atom. The standard InChI is InChI=1S/C18H16ClFN2O2S2/c19-13-2-1-3-15(8-13)22-17-11-26(23,24)10-16(17)21-18(22)25-9-12-4-6-14(20)7-5-12/h1-8,16-17H,9-11H2/t16-,17+/m0/s1. The summed E-state index contributed by atoms with van der Waals surface area (Å²) < 4.78 is 37.2. The van der Waals surface area contributed by atoms with Crippen molar-refractivity contribution in [3.63, 3.8) is 0 Å². The highest BCUT2D eigenvalue weighted by atomic mass is 35.5. The van der Waals surface area contributed by atoms with Crippen molar-refractivity contribution >= 4 is 44.1 Å². The van der Waals surface area contributed by atoms with Crippen molar-refractivity contribution < 1.29 is 12.8 Å². The summed E-state index contributed by atoms with van der Waals surface area (Å²) in [6.45, 7) is 0. The van der Waals surface area contributed by atoms with Crippen LogP contribution in [0.5, 0.6) is 0 Å². The maximum atomic E-state index is 13.1. The molecule has 136 valence electrons. The lowest BCUT2D eigenvalue weighted by atomic mass is 10.1. The zero-order valence-electron chi connectivity index (χ0n) is 13.7. The van der Waals surface area contributed by atoms with E-state index in [9.17, 15) is 12.8 Å². The molecule has 0 aromatic heterocycles. The van der Waals surface area contributed by atoms with Crippen LogP contribution in [0, 0.1) is 5.82 Å². The van der Waals surface area contributed by atoms with E-state index in [0.29, 0.717) is 10.8 Å². The summed E-state index contributed by atoms with van der Waals surface area (Å²) in [6.07, 6.45) is 0. The van der Waals surface area contributed by atoms with Crippen molar-refractivity contribution in [1.82, 2.24) is 0 Å². The van der Waals surface area contributed by atoms with Gasteiger partial charge in [0.15, 0.2) is 15.0 Å².